The molecule has 1 aromatic rings. The quantitative estimate of drug-likeness (QED) is 0.681. The van der Waals surface area contributed by atoms with E-state index in [4.69, 9.17) is 5.11 Å². The van der Waals surface area contributed by atoms with Gasteiger partial charge in [-0.2, -0.15) is 0 Å². The fourth-order valence-electron chi connectivity index (χ4n) is 1.20. The van der Waals surface area contributed by atoms with Gasteiger partial charge < -0.3 is 15.5 Å². The lowest BCUT2D eigenvalue weighted by molar-refractivity contribution is -0.156. The first-order valence-electron chi connectivity index (χ1n) is 5.02. The number of aromatic nitrogens is 1. The Labute approximate surface area is 94.1 Å². The van der Waals surface area contributed by atoms with Crippen molar-refractivity contribution >= 4 is 5.97 Å². The fraction of sp³-hybridized carbons (Fsp3) is 0.455. The van der Waals surface area contributed by atoms with Gasteiger partial charge in [-0.15, -0.1) is 0 Å². The number of aliphatic carboxylic acids is 1. The molecule has 0 fully saturated rings. The van der Waals surface area contributed by atoms with Gasteiger partial charge in [-0.05, 0) is 31.5 Å². The van der Waals surface area contributed by atoms with E-state index < -0.39 is 11.6 Å². The summed E-state index contributed by atoms with van der Waals surface area (Å²) in [5, 5.41) is 21.2. The molecule has 2 atom stereocenters. The number of carboxylic acid groups (broad SMARTS) is 1. The van der Waals surface area contributed by atoms with Crippen LogP contribution in [0, 0.1) is 0 Å². The summed E-state index contributed by atoms with van der Waals surface area (Å²) in [5.41, 5.74) is -0.752. The normalized spacial score (nSPS) is 16.4. The second-order valence-corrected chi connectivity index (χ2v) is 3.96. The summed E-state index contributed by atoms with van der Waals surface area (Å²) in [6.07, 6.45) is 3.34. The molecule has 5 nitrogen and oxygen atoms in total. The maximum Gasteiger partial charge on any atom is 0.336 e. The van der Waals surface area contributed by atoms with Crippen LogP contribution in [0.4, 0.5) is 0 Å². The molecule has 1 aromatic heterocycles. The number of hydrogen-bond donors (Lipinski definition) is 3. The average molecular weight is 224 g/mol. The highest BCUT2D eigenvalue weighted by Crippen LogP contribution is 2.11. The summed E-state index contributed by atoms with van der Waals surface area (Å²) in [7, 11) is 0. The maximum atomic E-state index is 10.7. The molecule has 0 bridgehead atoms. The minimum absolute atomic E-state index is 0.00811. The zero-order chi connectivity index (χ0) is 12.2. The Morgan fingerprint density at radius 3 is 2.62 bits per heavy atom. The smallest absolute Gasteiger partial charge is 0.336 e. The minimum atomic E-state index is -1.75. The van der Waals surface area contributed by atoms with Crippen molar-refractivity contribution < 1.29 is 15.0 Å². The molecular weight excluding hydrogens is 208 g/mol. The van der Waals surface area contributed by atoms with Crippen molar-refractivity contribution in [1.82, 2.24) is 10.3 Å². The van der Waals surface area contributed by atoms with Gasteiger partial charge in [-0.3, -0.25) is 4.98 Å². The number of nitrogens with zero attached hydrogens (tertiary/aromatic N) is 1. The van der Waals surface area contributed by atoms with E-state index in [2.05, 4.69) is 10.3 Å². The van der Waals surface area contributed by atoms with Crippen LogP contribution in [0.5, 0.6) is 0 Å². The SMILES string of the molecule is CC(NCC(C)(O)C(=O)O)c1ccncc1. The van der Waals surface area contributed by atoms with E-state index >= 15 is 0 Å². The standard InChI is InChI=1S/C11H16N2O3/c1-8(9-3-5-12-6-4-9)13-7-11(2,16)10(14)15/h3-6,8,13,16H,7H2,1-2H3,(H,14,15). The number of carboxylic acids is 1. The van der Waals surface area contributed by atoms with Gasteiger partial charge in [0.25, 0.3) is 0 Å². The lowest BCUT2D eigenvalue weighted by Gasteiger charge is -2.22. The number of rotatable bonds is 5. The van der Waals surface area contributed by atoms with Crippen molar-refractivity contribution in [2.75, 3.05) is 6.54 Å². The van der Waals surface area contributed by atoms with Gasteiger partial charge in [0.2, 0.25) is 0 Å². The Bertz CT molecular complexity index is 352. The summed E-state index contributed by atoms with van der Waals surface area (Å²) in [6.45, 7) is 3.15. The molecule has 3 N–H and O–H groups in total. The molecular formula is C11H16N2O3. The fourth-order valence-corrected chi connectivity index (χ4v) is 1.20. The second kappa shape index (κ2) is 5.05. The van der Waals surface area contributed by atoms with Gasteiger partial charge in [0, 0.05) is 25.0 Å². The van der Waals surface area contributed by atoms with Gasteiger partial charge in [0.05, 0.1) is 0 Å². The number of carbonyl (C=O) groups is 1. The highest BCUT2D eigenvalue weighted by atomic mass is 16.4. The highest BCUT2D eigenvalue weighted by molar-refractivity contribution is 5.76. The van der Waals surface area contributed by atoms with Crippen LogP contribution in [-0.2, 0) is 4.79 Å². The lowest BCUT2D eigenvalue weighted by Crippen LogP contribution is -2.45. The van der Waals surface area contributed by atoms with E-state index in [0.717, 1.165) is 5.56 Å². The van der Waals surface area contributed by atoms with Crippen molar-refractivity contribution in [1.29, 1.82) is 0 Å². The first-order chi connectivity index (χ1) is 7.43. The molecule has 0 saturated carbocycles. The molecule has 0 saturated heterocycles. The van der Waals surface area contributed by atoms with E-state index in [9.17, 15) is 9.90 Å². The van der Waals surface area contributed by atoms with Gasteiger partial charge in [0.1, 0.15) is 0 Å². The van der Waals surface area contributed by atoms with Crippen LogP contribution in [0.3, 0.4) is 0 Å². The molecule has 88 valence electrons. The Morgan fingerprint density at radius 2 is 2.12 bits per heavy atom. The molecule has 0 radical (unpaired) electrons. The highest BCUT2D eigenvalue weighted by Gasteiger charge is 2.29. The summed E-state index contributed by atoms with van der Waals surface area (Å²) < 4.78 is 0. The molecule has 1 rings (SSSR count). The number of pyridine rings is 1. The Hall–Kier alpha value is -1.46. The Kier molecular flexibility index (Phi) is 3.98. The number of aliphatic hydroxyl groups is 1. The van der Waals surface area contributed by atoms with Crippen LogP contribution < -0.4 is 5.32 Å². The zero-order valence-electron chi connectivity index (χ0n) is 9.34. The minimum Gasteiger partial charge on any atom is -0.479 e. The third kappa shape index (κ3) is 3.29. The van der Waals surface area contributed by atoms with Crippen molar-refractivity contribution in [2.24, 2.45) is 0 Å². The zero-order valence-corrected chi connectivity index (χ0v) is 9.34. The molecule has 0 aliphatic heterocycles. The topological polar surface area (TPSA) is 82.5 Å². The monoisotopic (exact) mass is 224 g/mol. The molecule has 1 heterocycles. The number of nitrogens with one attached hydrogen (secondary N) is 1. The summed E-state index contributed by atoms with van der Waals surface area (Å²) in [6, 6.07) is 3.65. The second-order valence-electron chi connectivity index (χ2n) is 3.96. The van der Waals surface area contributed by atoms with Crippen LogP contribution in [0.15, 0.2) is 24.5 Å². The largest absolute Gasteiger partial charge is 0.479 e. The van der Waals surface area contributed by atoms with Gasteiger partial charge in [0.15, 0.2) is 5.60 Å². The first-order valence-corrected chi connectivity index (χ1v) is 5.02. The Balaban J connectivity index is 2.54. The Morgan fingerprint density at radius 1 is 1.56 bits per heavy atom. The van der Waals surface area contributed by atoms with Crippen LogP contribution in [0.1, 0.15) is 25.5 Å². The summed E-state index contributed by atoms with van der Waals surface area (Å²) in [5.74, 6) is -1.23. The van der Waals surface area contributed by atoms with Crippen LogP contribution in [0.25, 0.3) is 0 Å². The molecule has 0 amide bonds. The van der Waals surface area contributed by atoms with E-state index in [0.29, 0.717) is 0 Å². The average Bonchev–Trinajstić information content (AvgIpc) is 2.27. The van der Waals surface area contributed by atoms with Crippen LogP contribution in [-0.4, -0.2) is 33.3 Å². The molecule has 16 heavy (non-hydrogen) atoms. The summed E-state index contributed by atoms with van der Waals surface area (Å²) >= 11 is 0. The van der Waals surface area contributed by atoms with Crippen LogP contribution in [0.2, 0.25) is 0 Å². The van der Waals surface area contributed by atoms with E-state index in [1.165, 1.54) is 6.92 Å². The summed E-state index contributed by atoms with van der Waals surface area (Å²) in [4.78, 5) is 14.6. The van der Waals surface area contributed by atoms with E-state index in [1.807, 2.05) is 19.1 Å². The van der Waals surface area contributed by atoms with Crippen molar-refractivity contribution in [3.63, 3.8) is 0 Å². The van der Waals surface area contributed by atoms with E-state index in [-0.39, 0.29) is 12.6 Å². The third-order valence-corrected chi connectivity index (χ3v) is 2.42. The first kappa shape index (κ1) is 12.6. The van der Waals surface area contributed by atoms with Crippen molar-refractivity contribution in [3.8, 4) is 0 Å². The van der Waals surface area contributed by atoms with Gasteiger partial charge in [-0.1, -0.05) is 0 Å². The molecule has 5 heteroatoms. The predicted molar refractivity (Wildman–Crippen MR) is 58.9 cm³/mol. The van der Waals surface area contributed by atoms with Gasteiger partial charge in [-0.25, -0.2) is 4.79 Å². The van der Waals surface area contributed by atoms with Crippen LogP contribution >= 0.6 is 0 Å². The maximum absolute atomic E-state index is 10.7. The molecule has 0 spiro atoms. The molecule has 0 aromatic carbocycles. The van der Waals surface area contributed by atoms with Gasteiger partial charge >= 0.3 is 5.97 Å². The molecule has 0 aliphatic carbocycles. The molecule has 0 aliphatic rings. The number of hydrogen-bond acceptors (Lipinski definition) is 4. The molecule has 2 unspecified atom stereocenters. The predicted octanol–water partition coefficient (Wildman–Crippen LogP) is 0.568. The van der Waals surface area contributed by atoms with Crippen molar-refractivity contribution in [3.05, 3.63) is 30.1 Å². The third-order valence-electron chi connectivity index (χ3n) is 2.42. The lowest BCUT2D eigenvalue weighted by atomic mass is 10.1. The van der Waals surface area contributed by atoms with E-state index in [1.54, 1.807) is 12.4 Å². The van der Waals surface area contributed by atoms with Crippen molar-refractivity contribution in [2.45, 2.75) is 25.5 Å².